The highest BCUT2D eigenvalue weighted by Crippen LogP contribution is 2.34. The Hall–Kier alpha value is -1.59. The summed E-state index contributed by atoms with van der Waals surface area (Å²) in [6.07, 6.45) is 0. The Morgan fingerprint density at radius 1 is 1.25 bits per heavy atom. The average molecular weight is 290 g/mol. The van der Waals surface area contributed by atoms with Gasteiger partial charge >= 0.3 is 0 Å². The molecule has 0 aliphatic carbocycles. The molecular weight excluding hydrogens is 272 g/mol. The van der Waals surface area contributed by atoms with Crippen LogP contribution in [0, 0.1) is 0 Å². The van der Waals surface area contributed by atoms with Gasteiger partial charge in [-0.2, -0.15) is 0 Å². The van der Waals surface area contributed by atoms with Gasteiger partial charge in [-0.3, -0.25) is 0 Å². The summed E-state index contributed by atoms with van der Waals surface area (Å²) in [5.74, 6) is 1.63. The number of ether oxygens (including phenoxy) is 2. The molecule has 0 spiro atoms. The molecule has 106 valence electrons. The standard InChI is InChI=1S/C15H18N2O2S/c1-10(2)16-8-15-17-12(9-20-15)11-3-4-13-14(7-11)19-6-5-18-13/h3-4,7,9-10,16H,5-6,8H2,1-2H3. The van der Waals surface area contributed by atoms with E-state index in [1.165, 1.54) is 0 Å². The summed E-state index contributed by atoms with van der Waals surface area (Å²) in [7, 11) is 0. The number of nitrogens with zero attached hydrogens (tertiary/aromatic N) is 1. The summed E-state index contributed by atoms with van der Waals surface area (Å²) in [6, 6.07) is 6.46. The molecule has 3 rings (SSSR count). The Kier molecular flexibility index (Phi) is 3.89. The Labute approximate surface area is 122 Å². The number of hydrogen-bond donors (Lipinski definition) is 1. The van der Waals surface area contributed by atoms with Crippen molar-refractivity contribution in [3.8, 4) is 22.8 Å². The molecule has 5 heteroatoms. The normalized spacial score (nSPS) is 13.8. The molecule has 1 N–H and O–H groups in total. The molecule has 1 aliphatic rings. The van der Waals surface area contributed by atoms with Crippen LogP contribution < -0.4 is 14.8 Å². The van der Waals surface area contributed by atoms with Crippen molar-refractivity contribution < 1.29 is 9.47 Å². The van der Waals surface area contributed by atoms with E-state index in [0.29, 0.717) is 19.3 Å². The number of benzene rings is 1. The van der Waals surface area contributed by atoms with Gasteiger partial charge in [0.15, 0.2) is 11.5 Å². The molecule has 20 heavy (non-hydrogen) atoms. The summed E-state index contributed by atoms with van der Waals surface area (Å²) < 4.78 is 11.1. The van der Waals surface area contributed by atoms with Crippen LogP contribution in [0.15, 0.2) is 23.6 Å². The van der Waals surface area contributed by atoms with Crippen LogP contribution in [-0.4, -0.2) is 24.2 Å². The van der Waals surface area contributed by atoms with E-state index in [1.54, 1.807) is 11.3 Å². The van der Waals surface area contributed by atoms with Crippen LogP contribution in [-0.2, 0) is 6.54 Å². The maximum atomic E-state index is 5.61. The van der Waals surface area contributed by atoms with Crippen molar-refractivity contribution in [1.29, 1.82) is 0 Å². The lowest BCUT2D eigenvalue weighted by Crippen LogP contribution is -2.21. The first kappa shape index (κ1) is 13.4. The van der Waals surface area contributed by atoms with Crippen molar-refractivity contribution in [1.82, 2.24) is 10.3 Å². The van der Waals surface area contributed by atoms with Crippen LogP contribution in [0.3, 0.4) is 0 Å². The highest BCUT2D eigenvalue weighted by molar-refractivity contribution is 7.09. The molecule has 0 atom stereocenters. The van der Waals surface area contributed by atoms with Crippen LogP contribution in [0.1, 0.15) is 18.9 Å². The van der Waals surface area contributed by atoms with Gasteiger partial charge in [0.25, 0.3) is 0 Å². The molecule has 1 aliphatic heterocycles. The molecule has 4 nitrogen and oxygen atoms in total. The van der Waals surface area contributed by atoms with Gasteiger partial charge in [-0.05, 0) is 18.2 Å². The number of aromatic nitrogens is 1. The molecule has 2 heterocycles. The highest BCUT2D eigenvalue weighted by Gasteiger charge is 2.13. The largest absolute Gasteiger partial charge is 0.486 e. The van der Waals surface area contributed by atoms with Gasteiger partial charge in [-0.15, -0.1) is 11.3 Å². The van der Waals surface area contributed by atoms with Crippen LogP contribution in [0.4, 0.5) is 0 Å². The minimum atomic E-state index is 0.469. The summed E-state index contributed by atoms with van der Waals surface area (Å²) in [4.78, 5) is 4.66. The monoisotopic (exact) mass is 290 g/mol. The second kappa shape index (κ2) is 5.81. The smallest absolute Gasteiger partial charge is 0.162 e. The van der Waals surface area contributed by atoms with Gasteiger partial charge in [0.1, 0.15) is 18.2 Å². The Morgan fingerprint density at radius 2 is 2.05 bits per heavy atom. The van der Waals surface area contributed by atoms with Crippen LogP contribution in [0.25, 0.3) is 11.3 Å². The van der Waals surface area contributed by atoms with Crippen molar-refractivity contribution in [2.75, 3.05) is 13.2 Å². The number of rotatable bonds is 4. The molecule has 0 saturated carbocycles. The lowest BCUT2D eigenvalue weighted by atomic mass is 10.1. The van der Waals surface area contributed by atoms with E-state index >= 15 is 0 Å². The van der Waals surface area contributed by atoms with Crippen LogP contribution in [0.5, 0.6) is 11.5 Å². The average Bonchev–Trinajstić information content (AvgIpc) is 2.93. The molecule has 1 aromatic heterocycles. The third kappa shape index (κ3) is 2.94. The molecule has 1 aromatic carbocycles. The van der Waals surface area contributed by atoms with E-state index in [0.717, 1.165) is 34.3 Å². The fraction of sp³-hybridized carbons (Fsp3) is 0.400. The zero-order chi connectivity index (χ0) is 13.9. The fourth-order valence-electron chi connectivity index (χ4n) is 2.02. The third-order valence-corrected chi connectivity index (χ3v) is 3.90. The predicted molar refractivity (Wildman–Crippen MR) is 80.5 cm³/mol. The van der Waals surface area contributed by atoms with E-state index in [4.69, 9.17) is 9.47 Å². The van der Waals surface area contributed by atoms with Gasteiger partial charge in [0, 0.05) is 23.5 Å². The minimum absolute atomic E-state index is 0.469. The maximum absolute atomic E-state index is 5.61. The van der Waals surface area contributed by atoms with E-state index < -0.39 is 0 Å². The summed E-state index contributed by atoms with van der Waals surface area (Å²) >= 11 is 1.68. The molecule has 0 amide bonds. The fourth-order valence-corrected chi connectivity index (χ4v) is 2.77. The minimum Gasteiger partial charge on any atom is -0.486 e. The number of thiazole rings is 1. The van der Waals surface area contributed by atoms with Crippen molar-refractivity contribution in [3.63, 3.8) is 0 Å². The molecule has 0 saturated heterocycles. The van der Waals surface area contributed by atoms with Crippen LogP contribution >= 0.6 is 11.3 Å². The molecule has 0 fully saturated rings. The Morgan fingerprint density at radius 3 is 2.85 bits per heavy atom. The second-order valence-electron chi connectivity index (χ2n) is 5.02. The molecular formula is C15H18N2O2S. The molecule has 0 bridgehead atoms. The topological polar surface area (TPSA) is 43.4 Å². The third-order valence-electron chi connectivity index (χ3n) is 3.05. The zero-order valence-corrected chi connectivity index (χ0v) is 12.5. The summed E-state index contributed by atoms with van der Waals surface area (Å²) in [5, 5.41) is 6.57. The number of hydrogen-bond acceptors (Lipinski definition) is 5. The van der Waals surface area contributed by atoms with Crippen molar-refractivity contribution in [3.05, 3.63) is 28.6 Å². The Balaban J connectivity index is 1.79. The van der Waals surface area contributed by atoms with Gasteiger partial charge in [0.05, 0.1) is 5.69 Å². The molecule has 2 aromatic rings. The van der Waals surface area contributed by atoms with Gasteiger partial charge < -0.3 is 14.8 Å². The van der Waals surface area contributed by atoms with Crippen molar-refractivity contribution >= 4 is 11.3 Å². The molecule has 0 radical (unpaired) electrons. The second-order valence-corrected chi connectivity index (χ2v) is 5.96. The predicted octanol–water partition coefficient (Wildman–Crippen LogP) is 3.08. The summed E-state index contributed by atoms with van der Waals surface area (Å²) in [6.45, 7) is 6.31. The van der Waals surface area contributed by atoms with E-state index in [1.807, 2.05) is 18.2 Å². The first-order valence-electron chi connectivity index (χ1n) is 6.80. The zero-order valence-electron chi connectivity index (χ0n) is 11.7. The SMILES string of the molecule is CC(C)NCc1nc(-c2ccc3c(c2)OCCO3)cs1. The first-order valence-corrected chi connectivity index (χ1v) is 7.68. The summed E-state index contributed by atoms with van der Waals surface area (Å²) in [5.41, 5.74) is 2.06. The first-order chi connectivity index (χ1) is 9.72. The number of fused-ring (bicyclic) bond motifs is 1. The lowest BCUT2D eigenvalue weighted by molar-refractivity contribution is 0.171. The van der Waals surface area contributed by atoms with Crippen molar-refractivity contribution in [2.45, 2.75) is 26.4 Å². The van der Waals surface area contributed by atoms with E-state index in [9.17, 15) is 0 Å². The molecule has 0 unspecified atom stereocenters. The quantitative estimate of drug-likeness (QED) is 0.939. The van der Waals surface area contributed by atoms with E-state index in [2.05, 4.69) is 29.5 Å². The Bertz CT molecular complexity index is 595. The van der Waals surface area contributed by atoms with Crippen LogP contribution in [0.2, 0.25) is 0 Å². The highest BCUT2D eigenvalue weighted by atomic mass is 32.1. The lowest BCUT2D eigenvalue weighted by Gasteiger charge is -2.18. The van der Waals surface area contributed by atoms with Gasteiger partial charge in [-0.1, -0.05) is 13.8 Å². The maximum Gasteiger partial charge on any atom is 0.162 e. The van der Waals surface area contributed by atoms with E-state index in [-0.39, 0.29) is 0 Å². The van der Waals surface area contributed by atoms with Gasteiger partial charge in [0.2, 0.25) is 0 Å². The number of nitrogens with one attached hydrogen (secondary N) is 1. The van der Waals surface area contributed by atoms with Crippen molar-refractivity contribution in [2.24, 2.45) is 0 Å². The van der Waals surface area contributed by atoms with Gasteiger partial charge in [-0.25, -0.2) is 4.98 Å².